The molecule has 0 nitrogen and oxygen atoms in total. The molecular weight excluding hydrogens is 170 g/mol. The van der Waals surface area contributed by atoms with Gasteiger partial charge in [0.25, 0.3) is 0 Å². The van der Waals surface area contributed by atoms with Crippen LogP contribution in [0.25, 0.3) is 0 Å². The molecule has 0 aliphatic heterocycles. The van der Waals surface area contributed by atoms with Gasteiger partial charge in [0.15, 0.2) is 6.68 Å². The monoisotopic (exact) mass is 171 g/mol. The molecule has 0 spiro atoms. The van der Waals surface area contributed by atoms with E-state index in [4.69, 9.17) is 0 Å². The Bertz CT molecular complexity index is 11.6. The molecule has 4 heteroatoms. The van der Waals surface area contributed by atoms with Gasteiger partial charge in [-0.15, -0.1) is 0 Å². The Morgan fingerprint density at radius 2 is 1.00 bits per heavy atom. The Labute approximate surface area is 40.1 Å². The Balaban J connectivity index is 0. The SMILES string of the molecule is F[C-](F)F.[Ru+2]. The molecule has 0 bridgehead atoms. The van der Waals surface area contributed by atoms with Crippen molar-refractivity contribution in [3.8, 4) is 0 Å². The van der Waals surface area contributed by atoms with E-state index in [0.29, 0.717) is 0 Å². The molecule has 0 radical (unpaired) electrons. The van der Waals surface area contributed by atoms with Gasteiger partial charge in [0, 0.05) is 0 Å². The van der Waals surface area contributed by atoms with Crippen LogP contribution in [0, 0.1) is 6.68 Å². The quantitative estimate of drug-likeness (QED) is 0.380. The summed E-state index contributed by atoms with van der Waals surface area (Å²) < 4.78 is 28.8. The topological polar surface area (TPSA) is 0 Å². The first-order chi connectivity index (χ1) is 1.73. The number of halogens is 3. The van der Waals surface area contributed by atoms with E-state index in [9.17, 15) is 13.2 Å². The van der Waals surface area contributed by atoms with Crippen molar-refractivity contribution in [3.05, 3.63) is 6.68 Å². The van der Waals surface area contributed by atoms with Gasteiger partial charge in [-0.1, -0.05) is 0 Å². The van der Waals surface area contributed by atoms with Crippen LogP contribution in [0.2, 0.25) is 0 Å². The molecule has 0 aliphatic rings. The van der Waals surface area contributed by atoms with Crippen molar-refractivity contribution in [1.29, 1.82) is 0 Å². The second-order valence-corrected chi connectivity index (χ2v) is 0.214. The third kappa shape index (κ3) is 150. The zero-order chi connectivity index (χ0) is 3.58. The van der Waals surface area contributed by atoms with Gasteiger partial charge >= 0.3 is 19.5 Å². The molecule has 0 saturated heterocycles. The molecule has 0 fully saturated rings. The molecule has 0 aromatic heterocycles. The van der Waals surface area contributed by atoms with Crippen molar-refractivity contribution in [1.82, 2.24) is 0 Å². The van der Waals surface area contributed by atoms with Gasteiger partial charge in [-0.05, 0) is 0 Å². The number of hydrogen-bond donors (Lipinski definition) is 0. The maximum absolute atomic E-state index is 9.58. The summed E-state index contributed by atoms with van der Waals surface area (Å²) in [6.45, 7) is -3.08. The predicted octanol–water partition coefficient (Wildman–Crippen LogP) is 1.34. The largest absolute Gasteiger partial charge is 2.00 e. The molecule has 5 heavy (non-hydrogen) atoms. The van der Waals surface area contributed by atoms with Crippen LogP contribution >= 0.6 is 0 Å². The molecule has 0 atom stereocenters. The molecule has 0 unspecified atom stereocenters. The zero-order valence-electron chi connectivity index (χ0n) is 1.99. The van der Waals surface area contributed by atoms with E-state index in [-0.39, 0.29) is 19.5 Å². The number of hydrogen-bond acceptors (Lipinski definition) is 0. The molecule has 0 rings (SSSR count). The molecular formula is CF3Ru+. The Hall–Kier alpha value is 0.413. The van der Waals surface area contributed by atoms with Crippen LogP contribution in [-0.4, -0.2) is 0 Å². The molecule has 0 aliphatic carbocycles. The fourth-order valence-corrected chi connectivity index (χ4v) is 0. The molecule has 32 valence electrons. The number of rotatable bonds is 0. The smallest absolute Gasteiger partial charge is 0.385 e. The summed E-state index contributed by atoms with van der Waals surface area (Å²) in [5.41, 5.74) is 0. The average Bonchev–Trinajstić information content (AvgIpc) is 0.811. The summed E-state index contributed by atoms with van der Waals surface area (Å²) in [7, 11) is 0. The fourth-order valence-electron chi connectivity index (χ4n) is 0. The van der Waals surface area contributed by atoms with Gasteiger partial charge in [-0.3, -0.25) is 0 Å². The molecule has 0 aromatic rings. The van der Waals surface area contributed by atoms with Gasteiger partial charge < -0.3 is 13.2 Å². The second kappa shape index (κ2) is 4.41. The van der Waals surface area contributed by atoms with E-state index in [1.807, 2.05) is 0 Å². The van der Waals surface area contributed by atoms with E-state index >= 15 is 0 Å². The van der Waals surface area contributed by atoms with Crippen molar-refractivity contribution in [3.63, 3.8) is 0 Å². The summed E-state index contributed by atoms with van der Waals surface area (Å²) in [6.07, 6.45) is 0. The first kappa shape index (κ1) is 9.05. The van der Waals surface area contributed by atoms with E-state index in [0.717, 1.165) is 0 Å². The minimum Gasteiger partial charge on any atom is -0.385 e. The summed E-state index contributed by atoms with van der Waals surface area (Å²) >= 11 is 0. The summed E-state index contributed by atoms with van der Waals surface area (Å²) in [5, 5.41) is 0. The minimum atomic E-state index is -3.08. The van der Waals surface area contributed by atoms with Crippen molar-refractivity contribution in [2.45, 2.75) is 0 Å². The van der Waals surface area contributed by atoms with Gasteiger partial charge in [-0.2, -0.15) is 0 Å². The maximum Gasteiger partial charge on any atom is 2.00 e. The normalized spacial score (nSPS) is 7.20. The first-order valence-electron chi connectivity index (χ1n) is 0.567. The van der Waals surface area contributed by atoms with Gasteiger partial charge in [0.05, 0.1) is 0 Å². The minimum absolute atomic E-state index is 0. The summed E-state index contributed by atoms with van der Waals surface area (Å²) in [5.74, 6) is 0. The van der Waals surface area contributed by atoms with Crippen LogP contribution in [0.3, 0.4) is 0 Å². The van der Waals surface area contributed by atoms with E-state index in [1.54, 1.807) is 0 Å². The third-order valence-corrected chi connectivity index (χ3v) is 0. The molecule has 0 amide bonds. The van der Waals surface area contributed by atoms with Crippen LogP contribution in [0.5, 0.6) is 0 Å². The van der Waals surface area contributed by atoms with Crippen LogP contribution in [0.15, 0.2) is 0 Å². The van der Waals surface area contributed by atoms with Crippen molar-refractivity contribution < 1.29 is 32.6 Å². The van der Waals surface area contributed by atoms with Crippen LogP contribution in [-0.2, 0) is 19.5 Å². The Morgan fingerprint density at radius 1 is 1.00 bits per heavy atom. The third-order valence-electron chi connectivity index (χ3n) is 0. The van der Waals surface area contributed by atoms with Crippen molar-refractivity contribution in [2.24, 2.45) is 0 Å². The zero-order valence-corrected chi connectivity index (χ0v) is 3.73. The van der Waals surface area contributed by atoms with Gasteiger partial charge in [0.2, 0.25) is 0 Å². The average molecular weight is 170 g/mol. The molecule has 0 aromatic carbocycles. The van der Waals surface area contributed by atoms with Crippen LogP contribution in [0.1, 0.15) is 0 Å². The fraction of sp³-hybridized carbons (Fsp3) is 0. The molecule has 0 heterocycles. The van der Waals surface area contributed by atoms with E-state index in [2.05, 4.69) is 0 Å². The van der Waals surface area contributed by atoms with Crippen LogP contribution in [0.4, 0.5) is 13.2 Å². The Morgan fingerprint density at radius 3 is 1.00 bits per heavy atom. The van der Waals surface area contributed by atoms with Gasteiger partial charge in [-0.25, -0.2) is 0 Å². The first-order valence-corrected chi connectivity index (χ1v) is 0.567. The second-order valence-electron chi connectivity index (χ2n) is 0.214. The summed E-state index contributed by atoms with van der Waals surface area (Å²) in [4.78, 5) is 0. The van der Waals surface area contributed by atoms with Crippen molar-refractivity contribution in [2.75, 3.05) is 0 Å². The van der Waals surface area contributed by atoms with Gasteiger partial charge in [0.1, 0.15) is 0 Å². The predicted molar refractivity (Wildman–Crippen MR) is 6.57 cm³/mol. The molecule has 0 N–H and O–H groups in total. The molecule has 0 saturated carbocycles. The standard InChI is InChI=1S/CF3.Ru/c2-1(3)4;/q-1;+2. The van der Waals surface area contributed by atoms with E-state index in [1.165, 1.54) is 0 Å². The maximum atomic E-state index is 9.58. The van der Waals surface area contributed by atoms with Crippen LogP contribution < -0.4 is 0 Å². The summed E-state index contributed by atoms with van der Waals surface area (Å²) in [6, 6.07) is 0. The van der Waals surface area contributed by atoms with Crippen molar-refractivity contribution >= 4 is 0 Å². The van der Waals surface area contributed by atoms with E-state index < -0.39 is 6.68 Å². The Kier molecular flexibility index (Phi) is 7.99.